The molecule has 2 aromatic heterocycles. The van der Waals surface area contributed by atoms with E-state index in [1.807, 2.05) is 31.2 Å². The molecule has 0 saturated heterocycles. The molecule has 0 atom stereocenters. The maximum Gasteiger partial charge on any atom is 0.191 e. The van der Waals surface area contributed by atoms with Crippen LogP contribution in [-0.4, -0.2) is 30.9 Å². The number of rotatable bonds is 6. The average Bonchev–Trinajstić information content (AvgIpc) is 3.11. The van der Waals surface area contributed by atoms with Gasteiger partial charge in [-0.1, -0.05) is 48.5 Å². The van der Waals surface area contributed by atoms with E-state index in [4.69, 9.17) is 0 Å². The van der Waals surface area contributed by atoms with Crippen LogP contribution in [0.2, 0.25) is 0 Å². The fraction of sp³-hybridized carbons (Fsp3) is 0.409. The first-order valence-electron chi connectivity index (χ1n) is 9.92. The van der Waals surface area contributed by atoms with Crippen LogP contribution in [0.3, 0.4) is 0 Å². The Morgan fingerprint density at radius 2 is 1.93 bits per heavy atom. The van der Waals surface area contributed by atoms with E-state index < -0.39 is 0 Å². The van der Waals surface area contributed by atoms with E-state index in [1.54, 1.807) is 0 Å². The summed E-state index contributed by atoms with van der Waals surface area (Å²) < 4.78 is 4.42. The highest BCUT2D eigenvalue weighted by molar-refractivity contribution is 7.99. The molecule has 3 heterocycles. The van der Waals surface area contributed by atoms with Crippen molar-refractivity contribution < 1.29 is 4.79 Å². The predicted octanol–water partition coefficient (Wildman–Crippen LogP) is 4.45. The van der Waals surface area contributed by atoms with Crippen molar-refractivity contribution in [2.24, 2.45) is 0 Å². The molecule has 5 nitrogen and oxygen atoms in total. The molecule has 1 aliphatic heterocycles. The maximum absolute atomic E-state index is 12.9. The van der Waals surface area contributed by atoms with Gasteiger partial charge in [-0.3, -0.25) is 4.79 Å². The molecule has 0 fully saturated rings. The summed E-state index contributed by atoms with van der Waals surface area (Å²) in [5, 5.41) is 9.53. The number of benzene rings is 1. The van der Waals surface area contributed by atoms with E-state index in [9.17, 15) is 4.79 Å². The molecular formula is C22H26N4OS. The molecule has 0 bridgehead atoms. The number of ketones is 1. The van der Waals surface area contributed by atoms with Crippen molar-refractivity contribution >= 4 is 17.5 Å². The van der Waals surface area contributed by atoms with Crippen LogP contribution in [0, 0.1) is 13.8 Å². The molecule has 0 spiro atoms. The molecule has 0 radical (unpaired) electrons. The summed E-state index contributed by atoms with van der Waals surface area (Å²) >= 11 is 1.51. The summed E-state index contributed by atoms with van der Waals surface area (Å²) in [5.41, 5.74) is 4.21. The van der Waals surface area contributed by atoms with E-state index in [1.165, 1.54) is 30.2 Å². The lowest BCUT2D eigenvalue weighted by Crippen LogP contribution is -2.08. The average molecular weight is 395 g/mol. The number of fused-ring (bicyclic) bond motifs is 1. The second-order valence-electron chi connectivity index (χ2n) is 7.43. The molecule has 4 rings (SSSR count). The minimum absolute atomic E-state index is 0.156. The van der Waals surface area contributed by atoms with Crippen molar-refractivity contribution in [2.75, 3.05) is 5.75 Å². The number of carbonyl (C=O) groups excluding carboxylic acids is 1. The second kappa shape index (κ2) is 8.35. The van der Waals surface area contributed by atoms with Gasteiger partial charge in [0.2, 0.25) is 0 Å². The highest BCUT2D eigenvalue weighted by Crippen LogP contribution is 2.24. The molecule has 0 aliphatic carbocycles. The fourth-order valence-corrected chi connectivity index (χ4v) is 4.73. The Hall–Kier alpha value is -2.34. The summed E-state index contributed by atoms with van der Waals surface area (Å²) in [6, 6.07) is 12.4. The summed E-state index contributed by atoms with van der Waals surface area (Å²) in [6.45, 7) is 5.86. The van der Waals surface area contributed by atoms with Crippen molar-refractivity contribution in [2.45, 2.75) is 57.8 Å². The van der Waals surface area contributed by atoms with Crippen molar-refractivity contribution in [3.8, 4) is 0 Å². The van der Waals surface area contributed by atoms with E-state index in [0.717, 1.165) is 53.9 Å². The maximum atomic E-state index is 12.9. The molecule has 6 heteroatoms. The van der Waals surface area contributed by atoms with E-state index in [-0.39, 0.29) is 5.78 Å². The van der Waals surface area contributed by atoms with Gasteiger partial charge in [0.15, 0.2) is 10.9 Å². The lowest BCUT2D eigenvalue weighted by Gasteiger charge is -2.10. The largest absolute Gasteiger partial charge is 0.344 e. The number of aromatic nitrogens is 4. The third kappa shape index (κ3) is 3.92. The van der Waals surface area contributed by atoms with Crippen LogP contribution in [0.1, 0.15) is 52.4 Å². The number of hydrogen-bond acceptors (Lipinski definition) is 4. The smallest absolute Gasteiger partial charge is 0.191 e. The molecular weight excluding hydrogens is 368 g/mol. The van der Waals surface area contributed by atoms with Gasteiger partial charge < -0.3 is 9.13 Å². The minimum Gasteiger partial charge on any atom is -0.344 e. The van der Waals surface area contributed by atoms with Crippen molar-refractivity contribution in [3.05, 3.63) is 64.7 Å². The van der Waals surface area contributed by atoms with Crippen LogP contribution in [0.4, 0.5) is 0 Å². The van der Waals surface area contributed by atoms with Crippen molar-refractivity contribution in [1.29, 1.82) is 0 Å². The summed E-state index contributed by atoms with van der Waals surface area (Å²) in [4.78, 5) is 12.9. The second-order valence-corrected chi connectivity index (χ2v) is 8.37. The van der Waals surface area contributed by atoms with E-state index in [2.05, 4.69) is 38.4 Å². The van der Waals surface area contributed by atoms with Gasteiger partial charge in [0, 0.05) is 36.5 Å². The Morgan fingerprint density at radius 1 is 1.11 bits per heavy atom. The fourth-order valence-electron chi connectivity index (χ4n) is 3.87. The van der Waals surface area contributed by atoms with E-state index >= 15 is 0 Å². The Balaban J connectivity index is 1.47. The van der Waals surface area contributed by atoms with Gasteiger partial charge >= 0.3 is 0 Å². The molecule has 0 N–H and O–H groups in total. The molecule has 0 amide bonds. The zero-order valence-corrected chi connectivity index (χ0v) is 17.3. The molecule has 3 aromatic rings. The van der Waals surface area contributed by atoms with Gasteiger partial charge in [0.1, 0.15) is 5.82 Å². The van der Waals surface area contributed by atoms with Gasteiger partial charge in [0.05, 0.1) is 5.75 Å². The van der Waals surface area contributed by atoms with Gasteiger partial charge in [-0.2, -0.15) is 0 Å². The molecule has 0 unspecified atom stereocenters. The highest BCUT2D eigenvalue weighted by atomic mass is 32.2. The lowest BCUT2D eigenvalue weighted by atomic mass is 10.2. The molecule has 28 heavy (non-hydrogen) atoms. The summed E-state index contributed by atoms with van der Waals surface area (Å²) in [6.07, 6.45) is 4.56. The number of Topliss-reactive ketones (excluding diaryl/α,β-unsaturated/α-hetero) is 1. The quantitative estimate of drug-likeness (QED) is 0.458. The van der Waals surface area contributed by atoms with Crippen LogP contribution in [0.25, 0.3) is 0 Å². The number of hydrogen-bond donors (Lipinski definition) is 0. The Bertz CT molecular complexity index is 974. The Kier molecular flexibility index (Phi) is 5.67. The Labute approximate surface area is 170 Å². The molecule has 1 aliphatic rings. The molecule has 0 saturated carbocycles. The van der Waals surface area contributed by atoms with Crippen LogP contribution < -0.4 is 0 Å². The topological polar surface area (TPSA) is 52.7 Å². The van der Waals surface area contributed by atoms with Gasteiger partial charge in [-0.25, -0.2) is 0 Å². The number of nitrogens with zero attached hydrogens (tertiary/aromatic N) is 4. The summed E-state index contributed by atoms with van der Waals surface area (Å²) in [5.74, 6) is 1.62. The highest BCUT2D eigenvalue weighted by Gasteiger charge is 2.19. The van der Waals surface area contributed by atoms with Crippen LogP contribution >= 0.6 is 11.8 Å². The first kappa shape index (κ1) is 19.0. The van der Waals surface area contributed by atoms with Crippen LogP contribution in [-0.2, 0) is 19.5 Å². The van der Waals surface area contributed by atoms with Crippen LogP contribution in [0.5, 0.6) is 0 Å². The summed E-state index contributed by atoms with van der Waals surface area (Å²) in [7, 11) is 0. The number of carbonyl (C=O) groups is 1. The third-order valence-corrected chi connectivity index (χ3v) is 6.43. The van der Waals surface area contributed by atoms with Crippen molar-refractivity contribution in [1.82, 2.24) is 19.3 Å². The monoisotopic (exact) mass is 394 g/mol. The number of aryl methyl sites for hydroxylation is 2. The molecule has 146 valence electrons. The van der Waals surface area contributed by atoms with Gasteiger partial charge in [-0.15, -0.1) is 10.2 Å². The normalized spacial score (nSPS) is 13.9. The zero-order valence-electron chi connectivity index (χ0n) is 16.5. The third-order valence-electron chi connectivity index (χ3n) is 5.47. The van der Waals surface area contributed by atoms with Crippen molar-refractivity contribution in [3.63, 3.8) is 0 Å². The first-order chi connectivity index (χ1) is 13.6. The minimum atomic E-state index is 0.156. The first-order valence-corrected chi connectivity index (χ1v) is 10.9. The van der Waals surface area contributed by atoms with E-state index in [0.29, 0.717) is 5.75 Å². The number of thioether (sulfide) groups is 1. The Morgan fingerprint density at radius 3 is 2.75 bits per heavy atom. The standard InChI is InChI=1S/C22H26N4OS/c1-16-13-19(17(2)26(16)14-18-9-5-3-6-10-18)20(27)15-28-22-24-23-21-11-7-4-8-12-25(21)22/h3,5-6,9-10,13H,4,7-8,11-12,14-15H2,1-2H3. The van der Waals surface area contributed by atoms with Crippen LogP contribution in [0.15, 0.2) is 41.6 Å². The van der Waals surface area contributed by atoms with Gasteiger partial charge in [-0.05, 0) is 38.3 Å². The molecule has 1 aromatic carbocycles. The SMILES string of the molecule is Cc1cc(C(=O)CSc2nnc3n2CCCCC3)c(C)n1Cc1ccccc1. The van der Waals surface area contributed by atoms with Gasteiger partial charge in [0.25, 0.3) is 0 Å². The predicted molar refractivity (Wildman–Crippen MR) is 112 cm³/mol. The lowest BCUT2D eigenvalue weighted by molar-refractivity contribution is 0.102. The zero-order chi connectivity index (χ0) is 19.5.